The third-order valence-corrected chi connectivity index (χ3v) is 4.89. The molecule has 0 saturated heterocycles. The van der Waals surface area contributed by atoms with Crippen LogP contribution in [-0.2, 0) is 12.8 Å². The van der Waals surface area contributed by atoms with E-state index in [1.165, 1.54) is 12.1 Å². The van der Waals surface area contributed by atoms with Gasteiger partial charge in [0.2, 0.25) is 0 Å². The zero-order valence-electron chi connectivity index (χ0n) is 14.8. The number of nitrogens with one attached hydrogen (secondary N) is 1. The molecule has 3 N–H and O–H groups in total. The second-order valence-electron chi connectivity index (χ2n) is 7.01. The van der Waals surface area contributed by atoms with Crippen LogP contribution in [0.4, 0.5) is 4.39 Å². The number of carbonyl (C=O) groups is 1. The molecule has 0 aromatic heterocycles. The van der Waals surface area contributed by atoms with E-state index in [1.807, 2.05) is 6.92 Å². The number of rotatable bonds is 6. The molecule has 144 valence electrons. The zero-order chi connectivity index (χ0) is 19.6. The molecule has 1 atom stereocenters. The highest BCUT2D eigenvalue weighted by atomic mass is 35.5. The number of aliphatic hydroxyl groups excluding tert-OH is 2. The van der Waals surface area contributed by atoms with E-state index in [1.54, 1.807) is 24.3 Å². The summed E-state index contributed by atoms with van der Waals surface area (Å²) in [6, 6.07) is 9.10. The van der Waals surface area contributed by atoms with Crippen molar-refractivity contribution in [1.82, 2.24) is 5.32 Å². The van der Waals surface area contributed by atoms with Gasteiger partial charge in [0.1, 0.15) is 17.2 Å². The lowest BCUT2D eigenvalue weighted by molar-refractivity contribution is 0.0879. The normalized spacial score (nSPS) is 18.3. The van der Waals surface area contributed by atoms with Crippen molar-refractivity contribution in [3.63, 3.8) is 0 Å². The monoisotopic (exact) mass is 393 g/mol. The third kappa shape index (κ3) is 4.40. The zero-order valence-corrected chi connectivity index (χ0v) is 15.6. The molecule has 27 heavy (non-hydrogen) atoms. The van der Waals surface area contributed by atoms with E-state index in [9.17, 15) is 9.18 Å². The molecule has 1 aliphatic rings. The summed E-state index contributed by atoms with van der Waals surface area (Å²) in [5.41, 5.74) is 1.52. The summed E-state index contributed by atoms with van der Waals surface area (Å²) in [5, 5.41) is 20.8. The Morgan fingerprint density at radius 1 is 1.30 bits per heavy atom. The van der Waals surface area contributed by atoms with E-state index in [-0.39, 0.29) is 24.1 Å². The van der Waals surface area contributed by atoms with E-state index in [0.717, 1.165) is 11.1 Å². The summed E-state index contributed by atoms with van der Waals surface area (Å²) in [5.74, 6) is -0.154. The average molecular weight is 394 g/mol. The first-order valence-electron chi connectivity index (χ1n) is 8.62. The van der Waals surface area contributed by atoms with Gasteiger partial charge in [-0.05, 0) is 48.4 Å². The number of halogens is 2. The molecule has 1 aliphatic heterocycles. The molecule has 1 heterocycles. The molecule has 3 rings (SSSR count). The molecule has 0 aliphatic carbocycles. The van der Waals surface area contributed by atoms with Gasteiger partial charge in [-0.3, -0.25) is 4.79 Å². The minimum Gasteiger partial charge on any atom is -0.487 e. The molecule has 0 saturated carbocycles. The van der Waals surface area contributed by atoms with Crippen molar-refractivity contribution >= 4 is 17.5 Å². The van der Waals surface area contributed by atoms with Crippen molar-refractivity contribution in [2.24, 2.45) is 0 Å². The molecule has 2 aromatic carbocycles. The van der Waals surface area contributed by atoms with Crippen LogP contribution in [0.1, 0.15) is 28.4 Å². The van der Waals surface area contributed by atoms with Gasteiger partial charge in [-0.1, -0.05) is 17.7 Å². The molecule has 7 heteroatoms. The van der Waals surface area contributed by atoms with Crippen LogP contribution in [0.25, 0.3) is 0 Å². The summed E-state index contributed by atoms with van der Waals surface area (Å²) < 4.78 is 19.8. The number of carbonyl (C=O) groups excluding carboxylic acids is 1. The van der Waals surface area contributed by atoms with Gasteiger partial charge in [0, 0.05) is 18.4 Å². The van der Waals surface area contributed by atoms with Crippen LogP contribution in [-0.4, -0.2) is 41.0 Å². The predicted molar refractivity (Wildman–Crippen MR) is 99.7 cm³/mol. The van der Waals surface area contributed by atoms with Crippen molar-refractivity contribution < 1.29 is 24.1 Å². The Bertz CT molecular complexity index is 856. The Morgan fingerprint density at radius 3 is 2.70 bits per heavy atom. The molecule has 0 spiro atoms. The van der Waals surface area contributed by atoms with Crippen LogP contribution in [0, 0.1) is 5.82 Å². The summed E-state index contributed by atoms with van der Waals surface area (Å²) in [4.78, 5) is 12.3. The Kier molecular flexibility index (Phi) is 5.69. The van der Waals surface area contributed by atoms with Crippen molar-refractivity contribution in [2.75, 3.05) is 13.2 Å². The molecular formula is C20H21ClFNO4. The fraction of sp³-hybridized carbons (Fsp3) is 0.350. The van der Waals surface area contributed by atoms with Crippen LogP contribution >= 0.6 is 11.6 Å². The van der Waals surface area contributed by atoms with E-state index in [2.05, 4.69) is 5.32 Å². The molecule has 0 radical (unpaired) electrons. The number of benzene rings is 2. The fourth-order valence-electron chi connectivity index (χ4n) is 3.26. The van der Waals surface area contributed by atoms with Crippen LogP contribution in [0.2, 0.25) is 5.02 Å². The standard InChI is InChI=1S/C20H21ClFNO4/c1-20(8-12-2-4-16(21)17(22)6-12)9-14-7-13(3-5-18(14)27-20)19(26)23-15(10-24)11-25/h2-7,15,24-25H,8-11H2,1H3,(H,23,26). The highest BCUT2D eigenvalue weighted by Gasteiger charge is 2.35. The molecule has 0 bridgehead atoms. The lowest BCUT2D eigenvalue weighted by Crippen LogP contribution is -2.40. The van der Waals surface area contributed by atoms with Crippen LogP contribution in [0.3, 0.4) is 0 Å². The van der Waals surface area contributed by atoms with Crippen molar-refractivity contribution in [3.05, 3.63) is 63.9 Å². The Labute approximate surface area is 161 Å². The van der Waals surface area contributed by atoms with E-state index in [0.29, 0.717) is 24.2 Å². The molecule has 2 aromatic rings. The first kappa shape index (κ1) is 19.6. The molecule has 0 fully saturated rings. The van der Waals surface area contributed by atoms with E-state index in [4.69, 9.17) is 26.6 Å². The maximum Gasteiger partial charge on any atom is 0.251 e. The Morgan fingerprint density at radius 2 is 2.04 bits per heavy atom. The summed E-state index contributed by atoms with van der Waals surface area (Å²) in [6.07, 6.45) is 1.06. The minimum absolute atomic E-state index is 0.0826. The highest BCUT2D eigenvalue weighted by Crippen LogP contribution is 2.37. The van der Waals surface area contributed by atoms with Crippen LogP contribution in [0.15, 0.2) is 36.4 Å². The van der Waals surface area contributed by atoms with Gasteiger partial charge in [-0.2, -0.15) is 0 Å². The molecular weight excluding hydrogens is 373 g/mol. The number of hydrogen-bond acceptors (Lipinski definition) is 4. The van der Waals surface area contributed by atoms with Crippen molar-refractivity contribution in [1.29, 1.82) is 0 Å². The summed E-state index contributed by atoms with van der Waals surface area (Å²) in [6.45, 7) is 1.25. The quantitative estimate of drug-likeness (QED) is 0.704. The van der Waals surface area contributed by atoms with Crippen molar-refractivity contribution in [2.45, 2.75) is 31.4 Å². The number of ether oxygens (including phenoxy) is 1. The van der Waals surface area contributed by atoms with Gasteiger partial charge in [0.25, 0.3) is 5.91 Å². The Hall–Kier alpha value is -2.15. The first-order chi connectivity index (χ1) is 12.8. The largest absolute Gasteiger partial charge is 0.487 e. The molecule has 5 nitrogen and oxygen atoms in total. The minimum atomic E-state index is -0.702. The fourth-order valence-corrected chi connectivity index (χ4v) is 3.38. The third-order valence-electron chi connectivity index (χ3n) is 4.58. The van der Waals surface area contributed by atoms with Crippen LogP contribution < -0.4 is 10.1 Å². The number of hydrogen-bond donors (Lipinski definition) is 3. The van der Waals surface area contributed by atoms with Gasteiger partial charge >= 0.3 is 0 Å². The highest BCUT2D eigenvalue weighted by molar-refractivity contribution is 6.30. The number of aliphatic hydroxyl groups is 2. The molecule has 1 amide bonds. The maximum atomic E-state index is 13.7. The van der Waals surface area contributed by atoms with Crippen molar-refractivity contribution in [3.8, 4) is 5.75 Å². The lowest BCUT2D eigenvalue weighted by atomic mass is 9.91. The van der Waals surface area contributed by atoms with Gasteiger partial charge in [-0.25, -0.2) is 4.39 Å². The van der Waals surface area contributed by atoms with Crippen LogP contribution in [0.5, 0.6) is 5.75 Å². The average Bonchev–Trinajstić information content (AvgIpc) is 2.97. The SMILES string of the molecule is CC1(Cc2ccc(Cl)c(F)c2)Cc2cc(C(=O)NC(CO)CO)ccc2O1. The lowest BCUT2D eigenvalue weighted by Gasteiger charge is -2.24. The van der Waals surface area contributed by atoms with Gasteiger partial charge in [-0.15, -0.1) is 0 Å². The van der Waals surface area contributed by atoms with Gasteiger partial charge < -0.3 is 20.3 Å². The van der Waals surface area contributed by atoms with Gasteiger partial charge in [0.05, 0.1) is 24.3 Å². The maximum absolute atomic E-state index is 13.7. The number of fused-ring (bicyclic) bond motifs is 1. The van der Waals surface area contributed by atoms with Gasteiger partial charge in [0.15, 0.2) is 0 Å². The predicted octanol–water partition coefficient (Wildman–Crippen LogP) is 2.50. The van der Waals surface area contributed by atoms with E-state index >= 15 is 0 Å². The Balaban J connectivity index is 1.74. The first-order valence-corrected chi connectivity index (χ1v) is 9.00. The summed E-state index contributed by atoms with van der Waals surface area (Å²) in [7, 11) is 0. The molecule has 1 unspecified atom stereocenters. The van der Waals surface area contributed by atoms with E-state index < -0.39 is 17.5 Å². The second-order valence-corrected chi connectivity index (χ2v) is 7.42. The summed E-state index contributed by atoms with van der Waals surface area (Å²) >= 11 is 5.73. The smallest absolute Gasteiger partial charge is 0.251 e. The second kappa shape index (κ2) is 7.84. The number of amides is 1. The topological polar surface area (TPSA) is 78.8 Å².